The third-order valence-electron chi connectivity index (χ3n) is 2.41. The molecule has 1 amide bonds. The summed E-state index contributed by atoms with van der Waals surface area (Å²) in [4.78, 5) is 12.8. The summed E-state index contributed by atoms with van der Waals surface area (Å²) in [5, 5.41) is 0. The third-order valence-corrected chi connectivity index (χ3v) is 2.41. The summed E-state index contributed by atoms with van der Waals surface area (Å²) >= 11 is 0. The highest BCUT2D eigenvalue weighted by Gasteiger charge is 2.46. The van der Waals surface area contributed by atoms with Crippen molar-refractivity contribution in [3.05, 3.63) is 35.4 Å². The van der Waals surface area contributed by atoms with Gasteiger partial charge in [0.15, 0.2) is 0 Å². The molecule has 0 aromatic heterocycles. The molecule has 0 bridgehead atoms. The number of carbonyl (C=O) groups is 1. The van der Waals surface area contributed by atoms with Crippen molar-refractivity contribution < 1.29 is 13.6 Å². The van der Waals surface area contributed by atoms with E-state index in [2.05, 4.69) is 5.92 Å². The van der Waals surface area contributed by atoms with Gasteiger partial charge in [-0.15, -0.1) is 6.42 Å². The minimum atomic E-state index is -2.74. The number of hydrogen-bond acceptors (Lipinski definition) is 1. The Bertz CT molecular complexity index is 468. The first-order valence-corrected chi connectivity index (χ1v) is 4.76. The van der Waals surface area contributed by atoms with E-state index < -0.39 is 24.9 Å². The highest BCUT2D eigenvalue weighted by atomic mass is 19.3. The molecule has 4 heteroatoms. The highest BCUT2D eigenvalue weighted by Crippen LogP contribution is 2.28. The monoisotopic (exact) mass is 221 g/mol. The van der Waals surface area contributed by atoms with Crippen LogP contribution in [-0.2, 0) is 0 Å². The van der Waals surface area contributed by atoms with Crippen LogP contribution in [0.5, 0.6) is 0 Å². The maximum absolute atomic E-state index is 12.6. The van der Waals surface area contributed by atoms with E-state index in [0.717, 1.165) is 4.90 Å². The largest absolute Gasteiger partial charge is 0.326 e. The molecule has 82 valence electrons. The van der Waals surface area contributed by atoms with E-state index in [1.165, 1.54) is 6.07 Å². The van der Waals surface area contributed by atoms with Gasteiger partial charge >= 0.3 is 0 Å². The summed E-state index contributed by atoms with van der Waals surface area (Å²) in [5.74, 6) is -0.742. The summed E-state index contributed by atoms with van der Waals surface area (Å²) in [7, 11) is 0. The summed E-state index contributed by atoms with van der Waals surface area (Å²) in [5.41, 5.74) is 0.920. The van der Waals surface area contributed by atoms with Crippen molar-refractivity contribution >= 4 is 5.91 Å². The Morgan fingerprint density at radius 3 is 2.69 bits per heavy atom. The van der Waals surface area contributed by atoms with Crippen molar-refractivity contribution in [2.24, 2.45) is 0 Å². The molecule has 2 rings (SSSR count). The molecule has 0 aliphatic carbocycles. The number of halogens is 2. The van der Waals surface area contributed by atoms with Crippen LogP contribution in [0.1, 0.15) is 15.9 Å². The van der Waals surface area contributed by atoms with Crippen molar-refractivity contribution in [3.63, 3.8) is 0 Å². The molecule has 1 fully saturated rings. The van der Waals surface area contributed by atoms with Gasteiger partial charge in [-0.1, -0.05) is 12.0 Å². The van der Waals surface area contributed by atoms with E-state index in [1.807, 2.05) is 0 Å². The molecule has 1 aliphatic heterocycles. The quantitative estimate of drug-likeness (QED) is 0.662. The van der Waals surface area contributed by atoms with E-state index >= 15 is 0 Å². The van der Waals surface area contributed by atoms with Crippen molar-refractivity contribution in [1.29, 1.82) is 0 Å². The van der Waals surface area contributed by atoms with Gasteiger partial charge in [0.25, 0.3) is 11.8 Å². The molecule has 1 aromatic rings. The lowest BCUT2D eigenvalue weighted by Crippen LogP contribution is -2.58. The van der Waals surface area contributed by atoms with Crippen LogP contribution < -0.4 is 0 Å². The summed E-state index contributed by atoms with van der Waals surface area (Å²) in [6.45, 7) is -1.02. The minimum absolute atomic E-state index is 0.353. The molecule has 1 aliphatic rings. The number of alkyl halides is 2. The van der Waals surface area contributed by atoms with Gasteiger partial charge in [0, 0.05) is 11.1 Å². The number of terminal acetylenes is 1. The predicted molar refractivity (Wildman–Crippen MR) is 55.2 cm³/mol. The Kier molecular flexibility index (Phi) is 2.39. The first kappa shape index (κ1) is 10.6. The number of hydrogen-bond donors (Lipinski definition) is 0. The second-order valence-electron chi connectivity index (χ2n) is 3.74. The average molecular weight is 221 g/mol. The van der Waals surface area contributed by atoms with Crippen LogP contribution >= 0.6 is 0 Å². The Balaban J connectivity index is 2.14. The maximum Gasteiger partial charge on any atom is 0.282 e. The Morgan fingerprint density at radius 1 is 1.44 bits per heavy atom. The van der Waals surface area contributed by atoms with Crippen LogP contribution in [0.3, 0.4) is 0 Å². The molecule has 1 heterocycles. The normalized spacial score (nSPS) is 17.4. The number of amides is 1. The van der Waals surface area contributed by atoms with Gasteiger partial charge in [0.1, 0.15) is 0 Å². The molecule has 16 heavy (non-hydrogen) atoms. The van der Waals surface area contributed by atoms with E-state index in [1.54, 1.807) is 18.2 Å². The van der Waals surface area contributed by atoms with Gasteiger partial charge in [-0.25, -0.2) is 8.78 Å². The SMILES string of the molecule is C#Cc1cccc(C(=O)N2CC(F)(F)C2)c1. The van der Waals surface area contributed by atoms with Crippen LogP contribution in [0, 0.1) is 12.3 Å². The molecule has 2 nitrogen and oxygen atoms in total. The summed E-state index contributed by atoms with van der Waals surface area (Å²) < 4.78 is 25.2. The van der Waals surface area contributed by atoms with E-state index in [0.29, 0.717) is 11.1 Å². The fraction of sp³-hybridized carbons (Fsp3) is 0.250. The highest BCUT2D eigenvalue weighted by molar-refractivity contribution is 5.95. The van der Waals surface area contributed by atoms with Gasteiger partial charge in [-0.05, 0) is 18.2 Å². The molecule has 0 saturated carbocycles. The number of rotatable bonds is 1. The van der Waals surface area contributed by atoms with Gasteiger partial charge in [-0.2, -0.15) is 0 Å². The second kappa shape index (κ2) is 3.60. The standard InChI is InChI=1S/C12H9F2NO/c1-2-9-4-3-5-10(6-9)11(16)15-7-12(13,14)8-15/h1,3-6H,7-8H2. The third kappa shape index (κ3) is 1.89. The van der Waals surface area contributed by atoms with E-state index in [4.69, 9.17) is 6.42 Å². The number of nitrogens with zero attached hydrogens (tertiary/aromatic N) is 1. The molecular formula is C12H9F2NO. The zero-order chi connectivity index (χ0) is 11.8. The second-order valence-corrected chi connectivity index (χ2v) is 3.74. The molecule has 0 radical (unpaired) electrons. The lowest BCUT2D eigenvalue weighted by molar-refractivity contribution is -0.113. The van der Waals surface area contributed by atoms with Crippen LogP contribution in [0.4, 0.5) is 8.78 Å². The molecule has 0 atom stereocenters. The molecular weight excluding hydrogens is 212 g/mol. The maximum atomic E-state index is 12.6. The van der Waals surface area contributed by atoms with Crippen molar-refractivity contribution in [2.45, 2.75) is 5.92 Å². The zero-order valence-corrected chi connectivity index (χ0v) is 8.41. The van der Waals surface area contributed by atoms with Gasteiger partial charge in [-0.3, -0.25) is 4.79 Å². The fourth-order valence-electron chi connectivity index (χ4n) is 1.58. The predicted octanol–water partition coefficient (Wildman–Crippen LogP) is 1.76. The Hall–Kier alpha value is -1.89. The van der Waals surface area contributed by atoms with E-state index in [9.17, 15) is 13.6 Å². The zero-order valence-electron chi connectivity index (χ0n) is 8.41. The minimum Gasteiger partial charge on any atom is -0.326 e. The first-order chi connectivity index (χ1) is 7.52. The van der Waals surface area contributed by atoms with Crippen LogP contribution in [0.25, 0.3) is 0 Å². The lowest BCUT2D eigenvalue weighted by Gasteiger charge is -2.38. The Morgan fingerprint density at radius 2 is 2.12 bits per heavy atom. The number of carbonyl (C=O) groups excluding carboxylic acids is 1. The smallest absolute Gasteiger partial charge is 0.282 e. The summed E-state index contributed by atoms with van der Waals surface area (Å²) in [6.07, 6.45) is 5.19. The topological polar surface area (TPSA) is 20.3 Å². The molecule has 0 unspecified atom stereocenters. The molecule has 1 saturated heterocycles. The molecule has 0 spiro atoms. The van der Waals surface area contributed by atoms with Crippen LogP contribution in [0.2, 0.25) is 0 Å². The number of benzene rings is 1. The number of likely N-dealkylation sites (tertiary alicyclic amines) is 1. The molecule has 0 N–H and O–H groups in total. The van der Waals surface area contributed by atoms with Gasteiger partial charge in [0.2, 0.25) is 0 Å². The Labute approximate surface area is 91.9 Å². The fourth-order valence-corrected chi connectivity index (χ4v) is 1.58. The van der Waals surface area contributed by atoms with Crippen LogP contribution in [0.15, 0.2) is 24.3 Å². The van der Waals surface area contributed by atoms with Crippen molar-refractivity contribution in [3.8, 4) is 12.3 Å². The van der Waals surface area contributed by atoms with Crippen molar-refractivity contribution in [2.75, 3.05) is 13.1 Å². The lowest BCUT2D eigenvalue weighted by atomic mass is 10.1. The van der Waals surface area contributed by atoms with Gasteiger partial charge in [0.05, 0.1) is 13.1 Å². The first-order valence-electron chi connectivity index (χ1n) is 4.76. The van der Waals surface area contributed by atoms with Crippen molar-refractivity contribution in [1.82, 2.24) is 4.90 Å². The van der Waals surface area contributed by atoms with Crippen LogP contribution in [-0.4, -0.2) is 29.8 Å². The van der Waals surface area contributed by atoms with E-state index in [-0.39, 0.29) is 0 Å². The van der Waals surface area contributed by atoms with Gasteiger partial charge < -0.3 is 4.90 Å². The average Bonchev–Trinajstić information content (AvgIpc) is 2.25. The molecule has 1 aromatic carbocycles. The summed E-state index contributed by atoms with van der Waals surface area (Å²) in [6, 6.07) is 6.42.